The van der Waals surface area contributed by atoms with E-state index >= 15 is 0 Å². The zero-order valence-corrected chi connectivity index (χ0v) is 10.0. The number of hydrogen-bond donors (Lipinski definition) is 1. The third kappa shape index (κ3) is 2.39. The molecule has 13 heavy (non-hydrogen) atoms. The van der Waals surface area contributed by atoms with Gasteiger partial charge in [0.1, 0.15) is 5.01 Å². The Morgan fingerprint density at radius 2 is 2.31 bits per heavy atom. The van der Waals surface area contributed by atoms with Crippen molar-refractivity contribution < 1.29 is 0 Å². The minimum Gasteiger partial charge on any atom is -0.179 e. The van der Waals surface area contributed by atoms with Crippen LogP contribution < -0.4 is 0 Å². The molecule has 0 unspecified atom stereocenters. The molecule has 0 amide bonds. The van der Waals surface area contributed by atoms with Crippen molar-refractivity contribution >= 4 is 35.7 Å². The molecule has 0 aromatic carbocycles. The zero-order valence-electron chi connectivity index (χ0n) is 7.49. The van der Waals surface area contributed by atoms with Gasteiger partial charge in [0.25, 0.3) is 0 Å². The zero-order chi connectivity index (χ0) is 9.31. The van der Waals surface area contributed by atoms with Crippen molar-refractivity contribution in [3.63, 3.8) is 0 Å². The molecule has 1 fully saturated rings. The summed E-state index contributed by atoms with van der Waals surface area (Å²) in [5.41, 5.74) is 0.521. The van der Waals surface area contributed by atoms with E-state index in [1.54, 1.807) is 11.3 Å². The SMILES string of the molecule is Cc1nnc(SCC2(CS)CC2)s1. The van der Waals surface area contributed by atoms with Crippen molar-refractivity contribution in [2.75, 3.05) is 11.5 Å². The summed E-state index contributed by atoms with van der Waals surface area (Å²) in [7, 11) is 0. The van der Waals surface area contributed by atoms with Crippen LogP contribution in [0.25, 0.3) is 0 Å². The summed E-state index contributed by atoms with van der Waals surface area (Å²) >= 11 is 7.88. The monoisotopic (exact) mass is 232 g/mol. The molecule has 2 nitrogen and oxygen atoms in total. The Hall–Kier alpha value is 0.260. The minimum absolute atomic E-state index is 0.521. The molecule has 5 heteroatoms. The van der Waals surface area contributed by atoms with E-state index in [2.05, 4.69) is 22.8 Å². The Bertz CT molecular complexity index is 293. The standard InChI is InChI=1S/C8H12N2S3/c1-6-9-10-7(13-6)12-5-8(4-11)2-3-8/h11H,2-5H2,1H3. The second-order valence-electron chi connectivity index (χ2n) is 3.53. The first-order valence-electron chi connectivity index (χ1n) is 4.28. The fourth-order valence-electron chi connectivity index (χ4n) is 1.08. The highest BCUT2D eigenvalue weighted by atomic mass is 32.2. The van der Waals surface area contributed by atoms with Gasteiger partial charge in [-0.05, 0) is 30.9 Å². The topological polar surface area (TPSA) is 25.8 Å². The Labute approximate surface area is 91.9 Å². The predicted molar refractivity (Wildman–Crippen MR) is 60.9 cm³/mol. The van der Waals surface area contributed by atoms with Crippen molar-refractivity contribution in [2.24, 2.45) is 5.41 Å². The fourth-order valence-corrected chi connectivity index (χ4v) is 3.77. The van der Waals surface area contributed by atoms with Gasteiger partial charge in [-0.25, -0.2) is 0 Å². The molecule has 1 aliphatic rings. The lowest BCUT2D eigenvalue weighted by molar-refractivity contribution is 0.682. The van der Waals surface area contributed by atoms with Crippen molar-refractivity contribution in [1.29, 1.82) is 0 Å². The van der Waals surface area contributed by atoms with Crippen LogP contribution in [0.15, 0.2) is 4.34 Å². The van der Waals surface area contributed by atoms with Crippen LogP contribution in [0.3, 0.4) is 0 Å². The quantitative estimate of drug-likeness (QED) is 0.638. The van der Waals surface area contributed by atoms with E-state index in [4.69, 9.17) is 0 Å². The molecule has 0 N–H and O–H groups in total. The summed E-state index contributed by atoms with van der Waals surface area (Å²) in [6.45, 7) is 1.99. The van der Waals surface area contributed by atoms with Crippen LogP contribution in [0.4, 0.5) is 0 Å². The summed E-state index contributed by atoms with van der Waals surface area (Å²) in [5.74, 6) is 2.17. The maximum absolute atomic E-state index is 4.37. The van der Waals surface area contributed by atoms with E-state index in [1.807, 2.05) is 18.7 Å². The van der Waals surface area contributed by atoms with Crippen LogP contribution in [0.2, 0.25) is 0 Å². The average molecular weight is 232 g/mol. The molecule has 0 bridgehead atoms. The molecule has 72 valence electrons. The van der Waals surface area contributed by atoms with E-state index in [0.717, 1.165) is 20.9 Å². The van der Waals surface area contributed by atoms with Crippen LogP contribution in [0.5, 0.6) is 0 Å². The molecule has 0 spiro atoms. The maximum atomic E-state index is 4.37. The van der Waals surface area contributed by atoms with Crippen molar-refractivity contribution in [3.8, 4) is 0 Å². The molecular formula is C8H12N2S3. The van der Waals surface area contributed by atoms with Gasteiger partial charge >= 0.3 is 0 Å². The summed E-state index contributed by atoms with van der Waals surface area (Å²) < 4.78 is 1.10. The third-order valence-electron chi connectivity index (χ3n) is 2.30. The molecule has 0 radical (unpaired) electrons. The van der Waals surface area contributed by atoms with E-state index in [9.17, 15) is 0 Å². The molecule has 0 aliphatic heterocycles. The van der Waals surface area contributed by atoms with Crippen LogP contribution in [0.1, 0.15) is 17.8 Å². The van der Waals surface area contributed by atoms with Gasteiger partial charge in [0.2, 0.25) is 0 Å². The Morgan fingerprint density at radius 1 is 1.54 bits per heavy atom. The van der Waals surface area contributed by atoms with Gasteiger partial charge < -0.3 is 0 Å². The molecule has 1 heterocycles. The highest BCUT2D eigenvalue weighted by molar-refractivity contribution is 8.01. The minimum atomic E-state index is 0.521. The van der Waals surface area contributed by atoms with Crippen LogP contribution in [-0.4, -0.2) is 21.7 Å². The Balaban J connectivity index is 1.86. The fraction of sp³-hybridized carbons (Fsp3) is 0.750. The smallest absolute Gasteiger partial charge is 0.174 e. The van der Waals surface area contributed by atoms with E-state index in [1.165, 1.54) is 12.8 Å². The average Bonchev–Trinajstić information content (AvgIpc) is 2.81. The number of thiol groups is 1. The van der Waals surface area contributed by atoms with Crippen molar-refractivity contribution in [3.05, 3.63) is 5.01 Å². The lowest BCUT2D eigenvalue weighted by Crippen LogP contribution is -2.05. The Morgan fingerprint density at radius 3 is 2.77 bits per heavy atom. The summed E-state index contributed by atoms with van der Waals surface area (Å²) in [5, 5.41) is 9.13. The van der Waals surface area contributed by atoms with E-state index in [-0.39, 0.29) is 0 Å². The molecule has 2 rings (SSSR count). The molecule has 1 aromatic rings. The Kier molecular flexibility index (Phi) is 2.86. The number of thioether (sulfide) groups is 1. The number of rotatable bonds is 4. The number of aromatic nitrogens is 2. The van der Waals surface area contributed by atoms with Gasteiger partial charge in [-0.15, -0.1) is 10.2 Å². The van der Waals surface area contributed by atoms with Crippen molar-refractivity contribution in [2.45, 2.75) is 24.1 Å². The number of nitrogens with zero attached hydrogens (tertiary/aromatic N) is 2. The van der Waals surface area contributed by atoms with Crippen molar-refractivity contribution in [1.82, 2.24) is 10.2 Å². The van der Waals surface area contributed by atoms with Gasteiger partial charge in [0, 0.05) is 5.75 Å². The van der Waals surface area contributed by atoms with E-state index < -0.39 is 0 Å². The molecule has 1 saturated carbocycles. The van der Waals surface area contributed by atoms with Gasteiger partial charge in [-0.1, -0.05) is 23.1 Å². The summed E-state index contributed by atoms with van der Waals surface area (Å²) in [6.07, 6.45) is 2.67. The van der Waals surface area contributed by atoms with Gasteiger partial charge in [-0.2, -0.15) is 12.6 Å². The third-order valence-corrected chi connectivity index (χ3v) is 5.29. The van der Waals surface area contributed by atoms with Crippen LogP contribution in [0, 0.1) is 12.3 Å². The first-order chi connectivity index (χ1) is 6.24. The first-order valence-corrected chi connectivity index (χ1v) is 6.71. The maximum Gasteiger partial charge on any atom is 0.174 e. The highest BCUT2D eigenvalue weighted by Crippen LogP contribution is 2.49. The van der Waals surface area contributed by atoms with Crippen LogP contribution >= 0.6 is 35.7 Å². The lowest BCUT2D eigenvalue weighted by atomic mass is 10.2. The van der Waals surface area contributed by atoms with E-state index in [0.29, 0.717) is 5.41 Å². The lowest BCUT2D eigenvalue weighted by Gasteiger charge is -2.08. The highest BCUT2D eigenvalue weighted by Gasteiger charge is 2.41. The predicted octanol–water partition coefficient (Wildman–Crippen LogP) is 2.65. The summed E-state index contributed by atoms with van der Waals surface area (Å²) in [6, 6.07) is 0. The van der Waals surface area contributed by atoms with Crippen LogP contribution in [-0.2, 0) is 0 Å². The number of hydrogen-bond acceptors (Lipinski definition) is 5. The van der Waals surface area contributed by atoms with Gasteiger partial charge in [0.15, 0.2) is 4.34 Å². The second-order valence-corrected chi connectivity index (χ2v) is 6.25. The number of aryl methyl sites for hydroxylation is 1. The molecule has 1 aliphatic carbocycles. The molecule has 0 saturated heterocycles. The largest absolute Gasteiger partial charge is 0.179 e. The second kappa shape index (κ2) is 3.79. The molecular weight excluding hydrogens is 220 g/mol. The van der Waals surface area contributed by atoms with Gasteiger partial charge in [0.05, 0.1) is 0 Å². The molecule has 0 atom stereocenters. The van der Waals surface area contributed by atoms with Gasteiger partial charge in [-0.3, -0.25) is 0 Å². The normalized spacial score (nSPS) is 18.9. The summed E-state index contributed by atoms with van der Waals surface area (Å²) in [4.78, 5) is 0. The molecule has 1 aromatic heterocycles. The first kappa shape index (κ1) is 9.80.